The second-order valence-corrected chi connectivity index (χ2v) is 5.69. The first-order valence-corrected chi connectivity index (χ1v) is 7.42. The van der Waals surface area contributed by atoms with E-state index in [0.29, 0.717) is 23.2 Å². The monoisotopic (exact) mass is 316 g/mol. The van der Waals surface area contributed by atoms with Crippen LogP contribution in [0.4, 0.5) is 0 Å². The number of hydrogen-bond acceptors (Lipinski definition) is 4. The molecule has 6 heteroatoms. The Hall–Kier alpha value is -0.650. The molecule has 1 heterocycles. The fourth-order valence-electron chi connectivity index (χ4n) is 1.75. The minimum absolute atomic E-state index is 0.0682. The number of ether oxygens (including phenoxy) is 1. The average Bonchev–Trinajstić information content (AvgIpc) is 2.92. The molecule has 0 aliphatic carbocycles. The number of benzene rings is 1. The lowest BCUT2D eigenvalue weighted by molar-refractivity contribution is 0.197. The predicted octanol–water partition coefficient (Wildman–Crippen LogP) is 3.78. The van der Waals surface area contributed by atoms with Crippen LogP contribution in [0.2, 0.25) is 10.0 Å². The smallest absolute Gasteiger partial charge is 0.114 e. The van der Waals surface area contributed by atoms with E-state index in [9.17, 15) is 0 Å². The van der Waals surface area contributed by atoms with Gasteiger partial charge in [-0.1, -0.05) is 23.2 Å². The second-order valence-electron chi connectivity index (χ2n) is 3.92. The highest BCUT2D eigenvalue weighted by molar-refractivity contribution is 7.09. The van der Waals surface area contributed by atoms with Crippen LogP contribution in [-0.2, 0) is 4.74 Å². The molecule has 1 N–H and O–H groups in total. The fourth-order valence-corrected chi connectivity index (χ4v) is 2.88. The van der Waals surface area contributed by atoms with Crippen LogP contribution in [0.15, 0.2) is 29.8 Å². The average molecular weight is 317 g/mol. The van der Waals surface area contributed by atoms with Gasteiger partial charge >= 0.3 is 0 Å². The third-order valence-electron chi connectivity index (χ3n) is 2.62. The van der Waals surface area contributed by atoms with Crippen molar-refractivity contribution in [2.24, 2.45) is 0 Å². The predicted molar refractivity (Wildman–Crippen MR) is 80.3 cm³/mol. The molecule has 1 unspecified atom stereocenters. The summed E-state index contributed by atoms with van der Waals surface area (Å²) in [6.45, 7) is 1.34. The van der Waals surface area contributed by atoms with Crippen molar-refractivity contribution >= 4 is 34.5 Å². The van der Waals surface area contributed by atoms with Gasteiger partial charge in [-0.25, -0.2) is 4.98 Å². The Morgan fingerprint density at radius 3 is 2.95 bits per heavy atom. The van der Waals surface area contributed by atoms with Gasteiger partial charge in [0.2, 0.25) is 0 Å². The van der Waals surface area contributed by atoms with Crippen LogP contribution in [0.3, 0.4) is 0 Å². The summed E-state index contributed by atoms with van der Waals surface area (Å²) in [5.74, 6) is 0. The van der Waals surface area contributed by atoms with Crippen molar-refractivity contribution in [3.63, 3.8) is 0 Å². The van der Waals surface area contributed by atoms with Crippen LogP contribution >= 0.6 is 34.5 Å². The highest BCUT2D eigenvalue weighted by Crippen LogP contribution is 2.31. The van der Waals surface area contributed by atoms with Crippen molar-refractivity contribution in [3.8, 4) is 0 Å². The van der Waals surface area contributed by atoms with E-state index in [2.05, 4.69) is 10.3 Å². The van der Waals surface area contributed by atoms with Crippen molar-refractivity contribution in [2.45, 2.75) is 6.04 Å². The van der Waals surface area contributed by atoms with E-state index in [0.717, 1.165) is 10.6 Å². The van der Waals surface area contributed by atoms with Gasteiger partial charge in [0.15, 0.2) is 0 Å². The van der Waals surface area contributed by atoms with Crippen molar-refractivity contribution < 1.29 is 4.74 Å². The Labute approximate surface area is 126 Å². The topological polar surface area (TPSA) is 34.1 Å². The third-order valence-corrected chi connectivity index (χ3v) is 4.04. The first kappa shape index (κ1) is 14.8. The minimum Gasteiger partial charge on any atom is -0.383 e. The Kier molecular flexibility index (Phi) is 5.60. The molecule has 1 aromatic heterocycles. The van der Waals surface area contributed by atoms with Gasteiger partial charge in [0.05, 0.1) is 12.6 Å². The highest BCUT2D eigenvalue weighted by Gasteiger charge is 2.19. The molecule has 0 aliphatic rings. The zero-order chi connectivity index (χ0) is 13.7. The van der Waals surface area contributed by atoms with Crippen LogP contribution in [0.5, 0.6) is 0 Å². The normalized spacial score (nSPS) is 12.6. The molecule has 1 aromatic carbocycles. The van der Waals surface area contributed by atoms with Gasteiger partial charge < -0.3 is 10.1 Å². The molecule has 1 atom stereocenters. The highest BCUT2D eigenvalue weighted by atomic mass is 35.5. The largest absolute Gasteiger partial charge is 0.383 e. The molecule has 102 valence electrons. The number of rotatable bonds is 6. The number of nitrogens with zero attached hydrogens (tertiary/aromatic N) is 1. The Bertz CT molecular complexity index is 519. The Morgan fingerprint density at radius 2 is 2.26 bits per heavy atom. The molecule has 0 saturated carbocycles. The molecule has 0 saturated heterocycles. The third kappa shape index (κ3) is 3.91. The molecule has 0 fully saturated rings. The first-order valence-electron chi connectivity index (χ1n) is 5.79. The Morgan fingerprint density at radius 1 is 1.42 bits per heavy atom. The maximum atomic E-state index is 6.27. The molecule has 2 rings (SSSR count). The SMILES string of the molecule is COCCNC(c1nccs1)c1cc(Cl)ccc1Cl. The van der Waals surface area contributed by atoms with Gasteiger partial charge in [0, 0.05) is 35.3 Å². The molecule has 0 bridgehead atoms. The van der Waals surface area contributed by atoms with Crippen LogP contribution in [0.25, 0.3) is 0 Å². The molecular formula is C13H14Cl2N2OS. The number of aromatic nitrogens is 1. The summed E-state index contributed by atoms with van der Waals surface area (Å²) in [4.78, 5) is 4.36. The molecular weight excluding hydrogens is 303 g/mol. The van der Waals surface area contributed by atoms with E-state index in [-0.39, 0.29) is 6.04 Å². The van der Waals surface area contributed by atoms with Crippen LogP contribution in [0, 0.1) is 0 Å². The molecule has 3 nitrogen and oxygen atoms in total. The fraction of sp³-hybridized carbons (Fsp3) is 0.308. The summed E-state index contributed by atoms with van der Waals surface area (Å²) in [5.41, 5.74) is 0.931. The van der Waals surface area contributed by atoms with Crippen molar-refractivity contribution in [2.75, 3.05) is 20.3 Å². The van der Waals surface area contributed by atoms with E-state index in [1.54, 1.807) is 36.8 Å². The van der Waals surface area contributed by atoms with Gasteiger partial charge in [-0.2, -0.15) is 0 Å². The molecule has 0 aliphatic heterocycles. The first-order chi connectivity index (χ1) is 9.22. The van der Waals surface area contributed by atoms with Gasteiger partial charge in [0.1, 0.15) is 5.01 Å². The summed E-state index contributed by atoms with van der Waals surface area (Å²) in [6.07, 6.45) is 1.78. The van der Waals surface area contributed by atoms with E-state index in [4.69, 9.17) is 27.9 Å². The number of halogens is 2. The maximum Gasteiger partial charge on any atom is 0.114 e. The quantitative estimate of drug-likeness (QED) is 0.824. The number of methoxy groups -OCH3 is 1. The van der Waals surface area contributed by atoms with Crippen LogP contribution in [0.1, 0.15) is 16.6 Å². The number of thiazole rings is 1. The van der Waals surface area contributed by atoms with Crippen LogP contribution in [-0.4, -0.2) is 25.2 Å². The summed E-state index contributed by atoms with van der Waals surface area (Å²) in [5, 5.41) is 7.63. The van der Waals surface area contributed by atoms with E-state index < -0.39 is 0 Å². The molecule has 0 radical (unpaired) electrons. The number of nitrogens with one attached hydrogen (secondary N) is 1. The summed E-state index contributed by atoms with van der Waals surface area (Å²) < 4.78 is 5.06. The summed E-state index contributed by atoms with van der Waals surface area (Å²) in [6, 6.07) is 5.39. The van der Waals surface area contributed by atoms with Crippen molar-refractivity contribution in [1.82, 2.24) is 10.3 Å². The lowest BCUT2D eigenvalue weighted by Gasteiger charge is -2.18. The van der Waals surface area contributed by atoms with Crippen molar-refractivity contribution in [1.29, 1.82) is 0 Å². The zero-order valence-electron chi connectivity index (χ0n) is 10.4. The van der Waals surface area contributed by atoms with E-state index in [1.165, 1.54) is 0 Å². The molecule has 19 heavy (non-hydrogen) atoms. The Balaban J connectivity index is 2.28. The standard InChI is InChI=1S/C13H14Cl2N2OS/c1-18-6-4-16-12(13-17-5-7-19-13)10-8-9(14)2-3-11(10)15/h2-3,5,7-8,12,16H,4,6H2,1H3. The van der Waals surface area contributed by atoms with Crippen LogP contribution < -0.4 is 5.32 Å². The number of hydrogen-bond donors (Lipinski definition) is 1. The van der Waals surface area contributed by atoms with E-state index in [1.807, 2.05) is 11.4 Å². The molecule has 2 aromatic rings. The van der Waals surface area contributed by atoms with Gasteiger partial charge in [-0.3, -0.25) is 0 Å². The van der Waals surface area contributed by atoms with Crippen molar-refractivity contribution in [3.05, 3.63) is 50.4 Å². The molecule has 0 spiro atoms. The minimum atomic E-state index is -0.0682. The zero-order valence-corrected chi connectivity index (χ0v) is 12.7. The summed E-state index contributed by atoms with van der Waals surface area (Å²) >= 11 is 13.9. The molecule has 0 amide bonds. The second kappa shape index (κ2) is 7.22. The lowest BCUT2D eigenvalue weighted by Crippen LogP contribution is -2.26. The maximum absolute atomic E-state index is 6.27. The van der Waals surface area contributed by atoms with Gasteiger partial charge in [-0.15, -0.1) is 11.3 Å². The van der Waals surface area contributed by atoms with Gasteiger partial charge in [0.25, 0.3) is 0 Å². The lowest BCUT2D eigenvalue weighted by atomic mass is 10.1. The van der Waals surface area contributed by atoms with Gasteiger partial charge in [-0.05, 0) is 23.8 Å². The summed E-state index contributed by atoms with van der Waals surface area (Å²) in [7, 11) is 1.67. The van der Waals surface area contributed by atoms with E-state index >= 15 is 0 Å².